The number of benzene rings is 2. The van der Waals surface area contributed by atoms with Gasteiger partial charge in [0.1, 0.15) is 5.69 Å². The molecule has 3 rings (SSSR count). The first-order valence-corrected chi connectivity index (χ1v) is 10.9. The second-order valence-corrected chi connectivity index (χ2v) is 7.53. The number of hydrogen-bond acceptors (Lipinski definition) is 1. The van der Waals surface area contributed by atoms with Crippen LogP contribution in [-0.4, -0.2) is 4.98 Å². The van der Waals surface area contributed by atoms with Crippen LogP contribution in [0.2, 0.25) is 0 Å². The number of nitrogens with zero attached hydrogens (tertiary/aromatic N) is 1. The average Bonchev–Trinajstić information content (AvgIpc) is 2.80. The molecule has 0 aliphatic carbocycles. The van der Waals surface area contributed by atoms with Crippen molar-refractivity contribution < 1.29 is 0 Å². The predicted octanol–water partition coefficient (Wildman–Crippen LogP) is 6.57. The highest BCUT2D eigenvalue weighted by atomic mass is 14.7. The van der Waals surface area contributed by atoms with E-state index in [1.807, 2.05) is 12.1 Å². The molecule has 0 N–H and O–H groups in total. The van der Waals surface area contributed by atoms with E-state index >= 15 is 0 Å². The summed E-state index contributed by atoms with van der Waals surface area (Å²) >= 11 is 0. The molecule has 0 spiro atoms. The quantitative estimate of drug-likeness (QED) is 0.433. The van der Waals surface area contributed by atoms with E-state index in [2.05, 4.69) is 91.0 Å². The highest BCUT2D eigenvalue weighted by Crippen LogP contribution is 2.09. The first kappa shape index (κ1) is 21.4. The summed E-state index contributed by atoms with van der Waals surface area (Å²) in [5.74, 6) is 12.7. The zero-order valence-corrected chi connectivity index (χ0v) is 18.0. The Morgan fingerprint density at radius 3 is 1.50 bits per heavy atom. The smallest absolute Gasteiger partial charge is 0.113 e. The van der Waals surface area contributed by atoms with Gasteiger partial charge in [-0.1, -0.05) is 68.7 Å². The molecule has 0 amide bonds. The zero-order valence-electron chi connectivity index (χ0n) is 18.0. The number of unbranched alkanes of at least 4 members (excludes halogenated alkanes) is 2. The summed E-state index contributed by atoms with van der Waals surface area (Å²) in [4.78, 5) is 4.44. The number of rotatable bonds is 6. The lowest BCUT2D eigenvalue weighted by Crippen LogP contribution is -1.86. The summed E-state index contributed by atoms with van der Waals surface area (Å²) in [6.07, 6.45) is 8.97. The van der Waals surface area contributed by atoms with Crippen molar-refractivity contribution in [1.82, 2.24) is 4.98 Å². The summed E-state index contributed by atoms with van der Waals surface area (Å²) in [5.41, 5.74) is 6.46. The highest BCUT2D eigenvalue weighted by molar-refractivity contribution is 5.45. The molecule has 30 heavy (non-hydrogen) atoms. The van der Waals surface area contributed by atoms with Crippen LogP contribution in [0.1, 0.15) is 73.0 Å². The molecule has 150 valence electrons. The minimum Gasteiger partial charge on any atom is -0.246 e. The normalized spacial score (nSPS) is 9.93. The second kappa shape index (κ2) is 11.6. The first-order valence-electron chi connectivity index (χ1n) is 10.9. The Balaban J connectivity index is 1.59. The molecular weight excluding hydrogens is 362 g/mol. The monoisotopic (exact) mass is 391 g/mol. The fraction of sp³-hybridized carbons (Fsp3) is 0.276. The molecule has 2 aromatic carbocycles. The fourth-order valence-electron chi connectivity index (χ4n) is 3.09. The van der Waals surface area contributed by atoms with Gasteiger partial charge in [0.25, 0.3) is 0 Å². The van der Waals surface area contributed by atoms with Crippen LogP contribution in [0.5, 0.6) is 0 Å². The number of aryl methyl sites for hydroxylation is 2. The van der Waals surface area contributed by atoms with E-state index in [9.17, 15) is 0 Å². The predicted molar refractivity (Wildman–Crippen MR) is 126 cm³/mol. The van der Waals surface area contributed by atoms with E-state index in [0.717, 1.165) is 35.2 Å². The standard InChI is InChI=1S/C29H29N/c1-3-5-7-24-9-13-26(14-10-24)17-18-28-20-22-29(30-23-28)21-19-27-15-11-25(12-16-27)8-6-4-2/h9-16,20,22-23H,3-8H2,1-2H3. The van der Waals surface area contributed by atoms with Crippen molar-refractivity contribution >= 4 is 0 Å². The topological polar surface area (TPSA) is 12.9 Å². The largest absolute Gasteiger partial charge is 0.246 e. The maximum Gasteiger partial charge on any atom is 0.113 e. The van der Waals surface area contributed by atoms with E-state index in [-0.39, 0.29) is 0 Å². The maximum absolute atomic E-state index is 4.44. The van der Waals surface area contributed by atoms with Crippen molar-refractivity contribution in [3.8, 4) is 23.7 Å². The first-order chi connectivity index (χ1) is 14.8. The summed E-state index contributed by atoms with van der Waals surface area (Å²) in [5, 5.41) is 0. The molecule has 1 heterocycles. The third-order valence-corrected chi connectivity index (χ3v) is 5.00. The molecule has 0 aliphatic heterocycles. The molecule has 0 fully saturated rings. The molecule has 0 saturated heterocycles. The number of pyridine rings is 1. The van der Waals surface area contributed by atoms with Crippen LogP contribution < -0.4 is 0 Å². The van der Waals surface area contributed by atoms with E-state index in [0.29, 0.717) is 0 Å². The van der Waals surface area contributed by atoms with E-state index in [4.69, 9.17) is 0 Å². The van der Waals surface area contributed by atoms with Crippen LogP contribution in [0.4, 0.5) is 0 Å². The summed E-state index contributed by atoms with van der Waals surface area (Å²) < 4.78 is 0. The molecular formula is C29H29N. The lowest BCUT2D eigenvalue weighted by Gasteiger charge is -1.99. The van der Waals surface area contributed by atoms with Gasteiger partial charge in [-0.05, 0) is 79.1 Å². The van der Waals surface area contributed by atoms with Gasteiger partial charge in [-0.2, -0.15) is 0 Å². The van der Waals surface area contributed by atoms with Crippen molar-refractivity contribution in [1.29, 1.82) is 0 Å². The molecule has 1 heteroatoms. The Morgan fingerprint density at radius 2 is 1.03 bits per heavy atom. The van der Waals surface area contributed by atoms with E-state index in [1.165, 1.54) is 36.8 Å². The van der Waals surface area contributed by atoms with Crippen LogP contribution in [-0.2, 0) is 12.8 Å². The Hall–Kier alpha value is -3.29. The fourth-order valence-corrected chi connectivity index (χ4v) is 3.09. The summed E-state index contributed by atoms with van der Waals surface area (Å²) in [6.45, 7) is 4.44. The highest BCUT2D eigenvalue weighted by Gasteiger charge is 1.95. The van der Waals surface area contributed by atoms with Gasteiger partial charge in [0.05, 0.1) is 0 Å². The van der Waals surface area contributed by atoms with Crippen LogP contribution in [0, 0.1) is 23.7 Å². The van der Waals surface area contributed by atoms with Crippen LogP contribution >= 0.6 is 0 Å². The Bertz CT molecular complexity index is 946. The Kier molecular flexibility index (Phi) is 8.32. The minimum atomic E-state index is 0.760. The van der Waals surface area contributed by atoms with Gasteiger partial charge in [0.2, 0.25) is 0 Å². The average molecular weight is 392 g/mol. The Labute approximate surface area is 181 Å². The molecule has 0 radical (unpaired) electrons. The van der Waals surface area contributed by atoms with E-state index < -0.39 is 0 Å². The van der Waals surface area contributed by atoms with Gasteiger partial charge < -0.3 is 0 Å². The van der Waals surface area contributed by atoms with Crippen molar-refractivity contribution in [3.63, 3.8) is 0 Å². The van der Waals surface area contributed by atoms with Crippen molar-refractivity contribution in [2.24, 2.45) is 0 Å². The number of hydrogen-bond donors (Lipinski definition) is 0. The number of aromatic nitrogens is 1. The van der Waals surface area contributed by atoms with Crippen LogP contribution in [0.15, 0.2) is 66.9 Å². The molecule has 0 bridgehead atoms. The minimum absolute atomic E-state index is 0.760. The third kappa shape index (κ3) is 6.95. The summed E-state index contributed by atoms with van der Waals surface area (Å²) in [6, 6.07) is 21.0. The van der Waals surface area contributed by atoms with Crippen LogP contribution in [0.3, 0.4) is 0 Å². The van der Waals surface area contributed by atoms with Gasteiger partial charge in [0.15, 0.2) is 0 Å². The molecule has 0 atom stereocenters. The molecule has 3 aromatic rings. The zero-order chi connectivity index (χ0) is 21.0. The van der Waals surface area contributed by atoms with Gasteiger partial charge in [-0.25, -0.2) is 4.98 Å². The molecule has 0 unspecified atom stereocenters. The lowest BCUT2D eigenvalue weighted by molar-refractivity contribution is 0.795. The second-order valence-electron chi connectivity index (χ2n) is 7.53. The molecule has 0 saturated carbocycles. The molecule has 0 aliphatic rings. The van der Waals surface area contributed by atoms with Crippen molar-refractivity contribution in [3.05, 3.63) is 100 Å². The lowest BCUT2D eigenvalue weighted by atomic mass is 10.1. The van der Waals surface area contributed by atoms with Gasteiger partial charge in [0, 0.05) is 22.9 Å². The van der Waals surface area contributed by atoms with Crippen LogP contribution in [0.25, 0.3) is 0 Å². The molecule has 1 nitrogen and oxygen atoms in total. The Morgan fingerprint density at radius 1 is 0.567 bits per heavy atom. The van der Waals surface area contributed by atoms with Gasteiger partial charge >= 0.3 is 0 Å². The van der Waals surface area contributed by atoms with E-state index in [1.54, 1.807) is 6.20 Å². The summed E-state index contributed by atoms with van der Waals surface area (Å²) in [7, 11) is 0. The van der Waals surface area contributed by atoms with Crippen molar-refractivity contribution in [2.75, 3.05) is 0 Å². The van der Waals surface area contributed by atoms with Gasteiger partial charge in [-0.15, -0.1) is 0 Å². The maximum atomic E-state index is 4.44. The third-order valence-electron chi connectivity index (χ3n) is 5.00. The van der Waals surface area contributed by atoms with Crippen molar-refractivity contribution in [2.45, 2.75) is 52.4 Å². The van der Waals surface area contributed by atoms with Gasteiger partial charge in [-0.3, -0.25) is 0 Å². The SMILES string of the molecule is CCCCc1ccc(C#Cc2ccc(C#Cc3ccc(CCCC)cc3)nc2)cc1. The molecule has 1 aromatic heterocycles.